The first-order valence-corrected chi connectivity index (χ1v) is 12.0. The summed E-state index contributed by atoms with van der Waals surface area (Å²) in [7, 11) is 0. The molecule has 2 fully saturated rings. The van der Waals surface area contributed by atoms with Gasteiger partial charge in [-0.2, -0.15) is 0 Å². The van der Waals surface area contributed by atoms with Gasteiger partial charge in [-0.05, 0) is 56.8 Å². The molecule has 1 saturated heterocycles. The summed E-state index contributed by atoms with van der Waals surface area (Å²) in [4.78, 5) is 48.8. The van der Waals surface area contributed by atoms with E-state index >= 15 is 0 Å². The standard InChI is InChI=1S/C23H39N3O6/c1-4-5-15-6-8-17(9-7-15)32-23(31)26-18(12-14(2)3)21(28)25-19(22(29)30)13-16-10-11-24-20(16)27/h14-19H,4-13H2,1-3H3,(H,24,27)(H,25,28)(H,26,31)(H,29,30)/t15?,16-,17?,18?,19?/m0/s1. The van der Waals surface area contributed by atoms with Crippen molar-refractivity contribution in [3.05, 3.63) is 0 Å². The van der Waals surface area contributed by atoms with E-state index in [1.54, 1.807) is 0 Å². The summed E-state index contributed by atoms with van der Waals surface area (Å²) >= 11 is 0. The molecule has 1 saturated carbocycles. The smallest absolute Gasteiger partial charge is 0.408 e. The van der Waals surface area contributed by atoms with Gasteiger partial charge in [-0.3, -0.25) is 9.59 Å². The van der Waals surface area contributed by atoms with Crippen LogP contribution in [-0.2, 0) is 19.1 Å². The predicted molar refractivity (Wildman–Crippen MR) is 119 cm³/mol. The van der Waals surface area contributed by atoms with E-state index in [4.69, 9.17) is 4.74 Å². The van der Waals surface area contributed by atoms with Crippen molar-refractivity contribution < 1.29 is 29.0 Å². The summed E-state index contributed by atoms with van der Waals surface area (Å²) in [6, 6.07) is -2.10. The maximum absolute atomic E-state index is 12.8. The minimum absolute atomic E-state index is 0.0206. The maximum Gasteiger partial charge on any atom is 0.408 e. The van der Waals surface area contributed by atoms with Crippen LogP contribution in [-0.4, -0.2) is 53.7 Å². The van der Waals surface area contributed by atoms with Crippen molar-refractivity contribution in [3.8, 4) is 0 Å². The largest absolute Gasteiger partial charge is 0.480 e. The summed E-state index contributed by atoms with van der Waals surface area (Å²) in [5.41, 5.74) is 0. The van der Waals surface area contributed by atoms with Crippen molar-refractivity contribution in [2.45, 2.75) is 96.7 Å². The van der Waals surface area contributed by atoms with Crippen LogP contribution in [0.2, 0.25) is 0 Å². The van der Waals surface area contributed by atoms with E-state index in [1.807, 2.05) is 13.8 Å². The Labute approximate surface area is 190 Å². The number of carbonyl (C=O) groups excluding carboxylic acids is 3. The van der Waals surface area contributed by atoms with E-state index in [0.717, 1.165) is 32.1 Å². The van der Waals surface area contributed by atoms with Gasteiger partial charge in [-0.15, -0.1) is 0 Å². The molecule has 1 aliphatic heterocycles. The van der Waals surface area contributed by atoms with Gasteiger partial charge in [0.25, 0.3) is 0 Å². The minimum Gasteiger partial charge on any atom is -0.480 e. The second kappa shape index (κ2) is 12.6. The fourth-order valence-electron chi connectivity index (χ4n) is 4.63. The van der Waals surface area contributed by atoms with E-state index < -0.39 is 36.0 Å². The van der Waals surface area contributed by atoms with Crippen LogP contribution in [0.25, 0.3) is 0 Å². The molecule has 3 amide bonds. The maximum atomic E-state index is 12.8. The molecule has 0 aromatic carbocycles. The molecule has 3 atom stereocenters. The Morgan fingerprint density at radius 1 is 1.09 bits per heavy atom. The molecule has 1 aliphatic carbocycles. The molecule has 4 N–H and O–H groups in total. The van der Waals surface area contributed by atoms with E-state index in [0.29, 0.717) is 25.3 Å². The second-order valence-corrected chi connectivity index (χ2v) is 9.57. The molecular formula is C23H39N3O6. The van der Waals surface area contributed by atoms with Gasteiger partial charge in [0.1, 0.15) is 18.2 Å². The third-order valence-corrected chi connectivity index (χ3v) is 6.38. The number of ether oxygens (including phenoxy) is 1. The molecule has 2 unspecified atom stereocenters. The van der Waals surface area contributed by atoms with Gasteiger partial charge >= 0.3 is 12.1 Å². The van der Waals surface area contributed by atoms with Gasteiger partial charge < -0.3 is 25.8 Å². The first-order valence-electron chi connectivity index (χ1n) is 12.0. The number of alkyl carbamates (subject to hydrolysis) is 1. The van der Waals surface area contributed by atoms with Gasteiger partial charge in [0.05, 0.1) is 0 Å². The summed E-state index contributed by atoms with van der Waals surface area (Å²) < 4.78 is 5.55. The number of rotatable bonds is 11. The van der Waals surface area contributed by atoms with E-state index in [1.165, 1.54) is 6.42 Å². The van der Waals surface area contributed by atoms with Crippen LogP contribution in [0.1, 0.15) is 78.6 Å². The van der Waals surface area contributed by atoms with Crippen molar-refractivity contribution in [2.75, 3.05) is 6.54 Å². The number of aliphatic carboxylic acids is 1. The van der Waals surface area contributed by atoms with E-state index in [2.05, 4.69) is 22.9 Å². The summed E-state index contributed by atoms with van der Waals surface area (Å²) in [5.74, 6) is -1.63. The highest BCUT2D eigenvalue weighted by Crippen LogP contribution is 2.29. The Morgan fingerprint density at radius 2 is 1.78 bits per heavy atom. The van der Waals surface area contributed by atoms with Crippen molar-refractivity contribution >= 4 is 23.9 Å². The molecule has 0 radical (unpaired) electrons. The summed E-state index contributed by atoms with van der Waals surface area (Å²) in [6.07, 6.45) is 6.19. The Kier molecular flexibility index (Phi) is 10.3. The van der Waals surface area contributed by atoms with Crippen molar-refractivity contribution in [1.82, 2.24) is 16.0 Å². The Balaban J connectivity index is 1.91. The highest BCUT2D eigenvalue weighted by molar-refractivity contribution is 5.90. The van der Waals surface area contributed by atoms with E-state index in [9.17, 15) is 24.3 Å². The lowest BCUT2D eigenvalue weighted by Crippen LogP contribution is -2.53. The fraction of sp³-hybridized carbons (Fsp3) is 0.826. The molecule has 0 bridgehead atoms. The topological polar surface area (TPSA) is 134 Å². The monoisotopic (exact) mass is 453 g/mol. The Bertz CT molecular complexity index is 660. The summed E-state index contributed by atoms with van der Waals surface area (Å²) in [6.45, 7) is 6.51. The van der Waals surface area contributed by atoms with Crippen molar-refractivity contribution in [1.29, 1.82) is 0 Å². The molecule has 0 aromatic rings. The highest BCUT2D eigenvalue weighted by Gasteiger charge is 2.33. The number of carboxylic acid groups (broad SMARTS) is 1. The van der Waals surface area contributed by atoms with Crippen LogP contribution in [0, 0.1) is 17.8 Å². The molecular weight excluding hydrogens is 414 g/mol. The SMILES string of the molecule is CCCC1CCC(OC(=O)NC(CC(C)C)C(=O)NC(C[C@@H]2CCNC2=O)C(=O)O)CC1. The van der Waals surface area contributed by atoms with Crippen LogP contribution >= 0.6 is 0 Å². The van der Waals surface area contributed by atoms with Gasteiger partial charge in [0.15, 0.2) is 0 Å². The number of hydrogen-bond acceptors (Lipinski definition) is 5. The first kappa shape index (κ1) is 25.9. The predicted octanol–water partition coefficient (Wildman–Crippen LogP) is 2.58. The normalized spacial score (nSPS) is 25.0. The minimum atomic E-state index is -1.20. The average Bonchev–Trinajstić information content (AvgIpc) is 3.12. The number of nitrogens with one attached hydrogen (secondary N) is 3. The number of carboxylic acids is 1. The zero-order valence-corrected chi connectivity index (χ0v) is 19.5. The molecule has 0 aromatic heterocycles. The molecule has 2 rings (SSSR count). The van der Waals surface area contributed by atoms with Crippen LogP contribution in [0.15, 0.2) is 0 Å². The molecule has 32 heavy (non-hydrogen) atoms. The lowest BCUT2D eigenvalue weighted by atomic mass is 9.85. The third kappa shape index (κ3) is 8.31. The zero-order valence-electron chi connectivity index (χ0n) is 19.5. The zero-order chi connectivity index (χ0) is 23.7. The van der Waals surface area contributed by atoms with Gasteiger partial charge in [0.2, 0.25) is 11.8 Å². The number of amides is 3. The Hall–Kier alpha value is -2.32. The van der Waals surface area contributed by atoms with Crippen LogP contribution in [0.4, 0.5) is 4.79 Å². The van der Waals surface area contributed by atoms with Gasteiger partial charge in [-0.25, -0.2) is 9.59 Å². The highest BCUT2D eigenvalue weighted by atomic mass is 16.6. The van der Waals surface area contributed by atoms with Gasteiger partial charge in [-0.1, -0.05) is 33.6 Å². The molecule has 9 nitrogen and oxygen atoms in total. The molecule has 0 spiro atoms. The fourth-order valence-corrected chi connectivity index (χ4v) is 4.63. The molecule has 2 aliphatic rings. The first-order chi connectivity index (χ1) is 15.2. The number of carbonyl (C=O) groups is 4. The van der Waals surface area contributed by atoms with Gasteiger partial charge in [0, 0.05) is 12.5 Å². The number of hydrogen-bond donors (Lipinski definition) is 4. The Morgan fingerprint density at radius 3 is 2.31 bits per heavy atom. The van der Waals surface area contributed by atoms with Crippen LogP contribution < -0.4 is 16.0 Å². The molecule has 9 heteroatoms. The molecule has 182 valence electrons. The lowest BCUT2D eigenvalue weighted by molar-refractivity contribution is -0.143. The summed E-state index contributed by atoms with van der Waals surface area (Å²) in [5, 5.41) is 17.3. The van der Waals surface area contributed by atoms with Crippen LogP contribution in [0.5, 0.6) is 0 Å². The third-order valence-electron chi connectivity index (χ3n) is 6.38. The quantitative estimate of drug-likeness (QED) is 0.380. The van der Waals surface area contributed by atoms with Crippen molar-refractivity contribution in [2.24, 2.45) is 17.8 Å². The lowest BCUT2D eigenvalue weighted by Gasteiger charge is -2.29. The van der Waals surface area contributed by atoms with Crippen LogP contribution in [0.3, 0.4) is 0 Å². The van der Waals surface area contributed by atoms with Crippen molar-refractivity contribution in [3.63, 3.8) is 0 Å². The molecule has 1 heterocycles. The average molecular weight is 454 g/mol. The second-order valence-electron chi connectivity index (χ2n) is 9.57. The van der Waals surface area contributed by atoms with E-state index in [-0.39, 0.29) is 24.3 Å².